The number of halogens is 1. The van der Waals surface area contributed by atoms with Gasteiger partial charge in [0.25, 0.3) is 0 Å². The third-order valence-electron chi connectivity index (χ3n) is 4.20. The van der Waals surface area contributed by atoms with Gasteiger partial charge in [0.2, 0.25) is 0 Å². The third kappa shape index (κ3) is 5.86. The summed E-state index contributed by atoms with van der Waals surface area (Å²) in [5.74, 6) is -1.58. The Bertz CT molecular complexity index is 818. The molecule has 0 aliphatic carbocycles. The Labute approximate surface area is 178 Å². The van der Waals surface area contributed by atoms with E-state index in [4.69, 9.17) is 21.1 Å². The molecular weight excluding hydrogens is 390 g/mol. The fraction of sp³-hybridized carbons (Fsp3) is 0.478. The molecule has 0 bridgehead atoms. The molecule has 0 saturated heterocycles. The number of rotatable bonds is 3. The topological polar surface area (TPSA) is 64.6 Å². The number of nitrogens with one attached hydrogen (secondary N) is 1. The summed E-state index contributed by atoms with van der Waals surface area (Å²) in [6, 6.07) is 7.10. The standard InChI is InChI=1S/C23H30ClNO4/c1-13-17(20(26)28-22(3,4)5)19(15-9-11-16(24)12-10-15)18(14(2)25-13)21(27)29-23(6,7)8/h9-12,19,25H,1-8H3. The number of ether oxygens (including phenoxy) is 2. The first-order valence-corrected chi connectivity index (χ1v) is 9.98. The summed E-state index contributed by atoms with van der Waals surface area (Å²) < 4.78 is 11.3. The molecule has 0 unspecified atom stereocenters. The zero-order valence-corrected chi connectivity index (χ0v) is 19.2. The normalized spacial score (nSPS) is 15.9. The highest BCUT2D eigenvalue weighted by atomic mass is 35.5. The van der Waals surface area contributed by atoms with Crippen LogP contribution in [0.2, 0.25) is 5.02 Å². The summed E-state index contributed by atoms with van der Waals surface area (Å²) in [6.07, 6.45) is 0. The second kappa shape index (κ2) is 8.23. The number of carbonyl (C=O) groups is 2. The first-order chi connectivity index (χ1) is 13.2. The van der Waals surface area contributed by atoms with E-state index in [0.29, 0.717) is 27.6 Å². The van der Waals surface area contributed by atoms with Crippen LogP contribution >= 0.6 is 11.6 Å². The Morgan fingerprint density at radius 2 is 1.21 bits per heavy atom. The molecule has 1 aliphatic rings. The summed E-state index contributed by atoms with van der Waals surface area (Å²) in [6.45, 7) is 14.5. The SMILES string of the molecule is CC1=C(C(=O)OC(C)(C)C)C(c2ccc(Cl)cc2)C(C(=O)OC(C)(C)C)=C(C)N1. The molecule has 5 nitrogen and oxygen atoms in total. The quantitative estimate of drug-likeness (QED) is 0.677. The molecule has 29 heavy (non-hydrogen) atoms. The molecule has 0 fully saturated rings. The van der Waals surface area contributed by atoms with E-state index in [1.54, 1.807) is 26.0 Å². The van der Waals surface area contributed by atoms with Crippen molar-refractivity contribution in [1.82, 2.24) is 5.32 Å². The van der Waals surface area contributed by atoms with Gasteiger partial charge in [-0.25, -0.2) is 9.59 Å². The van der Waals surface area contributed by atoms with Gasteiger partial charge in [0.15, 0.2) is 0 Å². The van der Waals surface area contributed by atoms with Gasteiger partial charge >= 0.3 is 11.9 Å². The lowest BCUT2D eigenvalue weighted by atomic mass is 9.80. The predicted molar refractivity (Wildman–Crippen MR) is 114 cm³/mol. The van der Waals surface area contributed by atoms with Crippen molar-refractivity contribution in [2.45, 2.75) is 72.5 Å². The van der Waals surface area contributed by atoms with Crippen molar-refractivity contribution in [3.8, 4) is 0 Å². The molecule has 1 heterocycles. The molecule has 6 heteroatoms. The van der Waals surface area contributed by atoms with Crippen LogP contribution in [0.5, 0.6) is 0 Å². The first kappa shape index (κ1) is 23.0. The van der Waals surface area contributed by atoms with Crippen LogP contribution < -0.4 is 5.32 Å². The second-order valence-electron chi connectivity index (χ2n) is 9.19. The molecule has 0 aromatic heterocycles. The smallest absolute Gasteiger partial charge is 0.337 e. The van der Waals surface area contributed by atoms with Crippen LogP contribution in [0.4, 0.5) is 0 Å². The number of hydrogen-bond acceptors (Lipinski definition) is 5. The van der Waals surface area contributed by atoms with Crippen molar-refractivity contribution in [3.63, 3.8) is 0 Å². The second-order valence-corrected chi connectivity index (χ2v) is 9.63. The van der Waals surface area contributed by atoms with Gasteiger partial charge in [-0.15, -0.1) is 0 Å². The van der Waals surface area contributed by atoms with Gasteiger partial charge in [-0.05, 0) is 73.1 Å². The lowest BCUT2D eigenvalue weighted by molar-refractivity contribution is -0.150. The van der Waals surface area contributed by atoms with Crippen molar-refractivity contribution < 1.29 is 19.1 Å². The number of dihydropyridines is 1. The van der Waals surface area contributed by atoms with Crippen LogP contribution in [0.15, 0.2) is 46.8 Å². The summed E-state index contributed by atoms with van der Waals surface area (Å²) in [7, 11) is 0. The zero-order valence-electron chi connectivity index (χ0n) is 18.4. The van der Waals surface area contributed by atoms with Gasteiger partial charge in [0, 0.05) is 16.4 Å². The maximum Gasteiger partial charge on any atom is 0.337 e. The Kier molecular flexibility index (Phi) is 6.53. The molecule has 2 rings (SSSR count). The fourth-order valence-electron chi connectivity index (χ4n) is 3.19. The Hall–Kier alpha value is -2.27. The minimum absolute atomic E-state index is 0.383. The van der Waals surface area contributed by atoms with E-state index in [0.717, 1.165) is 5.56 Å². The van der Waals surface area contributed by atoms with Crippen molar-refractivity contribution in [3.05, 3.63) is 57.4 Å². The summed E-state index contributed by atoms with van der Waals surface area (Å²) in [4.78, 5) is 26.2. The van der Waals surface area contributed by atoms with E-state index in [2.05, 4.69) is 5.32 Å². The van der Waals surface area contributed by atoms with Gasteiger partial charge in [-0.3, -0.25) is 0 Å². The predicted octanol–water partition coefficient (Wildman–Crippen LogP) is 5.26. The van der Waals surface area contributed by atoms with Crippen LogP contribution in [-0.4, -0.2) is 23.1 Å². The lowest BCUT2D eigenvalue weighted by Crippen LogP contribution is -2.36. The van der Waals surface area contributed by atoms with Gasteiger partial charge in [-0.1, -0.05) is 23.7 Å². The highest BCUT2D eigenvalue weighted by molar-refractivity contribution is 6.30. The van der Waals surface area contributed by atoms with E-state index in [-0.39, 0.29) is 0 Å². The highest BCUT2D eigenvalue weighted by Crippen LogP contribution is 2.40. The molecule has 0 amide bonds. The lowest BCUT2D eigenvalue weighted by Gasteiger charge is -2.33. The van der Waals surface area contributed by atoms with E-state index < -0.39 is 29.1 Å². The molecule has 1 aliphatic heterocycles. The molecule has 0 atom stereocenters. The van der Waals surface area contributed by atoms with E-state index in [9.17, 15) is 9.59 Å². The van der Waals surface area contributed by atoms with Gasteiger partial charge < -0.3 is 14.8 Å². The van der Waals surface area contributed by atoms with Crippen LogP contribution in [0.1, 0.15) is 66.9 Å². The van der Waals surface area contributed by atoms with Crippen LogP contribution in [0.25, 0.3) is 0 Å². The Balaban J connectivity index is 2.63. The Morgan fingerprint density at radius 3 is 1.55 bits per heavy atom. The molecule has 0 saturated carbocycles. The van der Waals surface area contributed by atoms with Gasteiger partial charge in [0.05, 0.1) is 17.1 Å². The third-order valence-corrected chi connectivity index (χ3v) is 4.45. The molecule has 0 radical (unpaired) electrons. The largest absolute Gasteiger partial charge is 0.457 e. The molecular formula is C23H30ClNO4. The maximum absolute atomic E-state index is 13.1. The highest BCUT2D eigenvalue weighted by Gasteiger charge is 2.39. The first-order valence-electron chi connectivity index (χ1n) is 9.60. The van der Waals surface area contributed by atoms with Crippen molar-refractivity contribution in [1.29, 1.82) is 0 Å². The van der Waals surface area contributed by atoms with Crippen LogP contribution in [-0.2, 0) is 19.1 Å². The number of allylic oxidation sites excluding steroid dienone is 2. The number of esters is 2. The average Bonchev–Trinajstić information content (AvgIpc) is 2.51. The average molecular weight is 420 g/mol. The minimum atomic E-state index is -0.669. The summed E-state index contributed by atoms with van der Waals surface area (Å²) in [5, 5.41) is 3.73. The number of benzene rings is 1. The molecule has 0 spiro atoms. The molecule has 1 aromatic rings. The molecule has 1 N–H and O–H groups in total. The monoisotopic (exact) mass is 419 g/mol. The fourth-order valence-corrected chi connectivity index (χ4v) is 3.32. The van der Waals surface area contributed by atoms with Crippen molar-refractivity contribution in [2.24, 2.45) is 0 Å². The maximum atomic E-state index is 13.1. The van der Waals surface area contributed by atoms with Crippen LogP contribution in [0.3, 0.4) is 0 Å². The number of carbonyl (C=O) groups excluding carboxylic acids is 2. The Morgan fingerprint density at radius 1 is 0.828 bits per heavy atom. The molecule has 158 valence electrons. The number of hydrogen-bond donors (Lipinski definition) is 1. The van der Waals surface area contributed by atoms with Crippen molar-refractivity contribution >= 4 is 23.5 Å². The molecule has 1 aromatic carbocycles. The van der Waals surface area contributed by atoms with Gasteiger partial charge in [0.1, 0.15) is 11.2 Å². The summed E-state index contributed by atoms with van der Waals surface area (Å²) in [5.41, 5.74) is 1.47. The van der Waals surface area contributed by atoms with E-state index >= 15 is 0 Å². The van der Waals surface area contributed by atoms with Gasteiger partial charge in [-0.2, -0.15) is 0 Å². The zero-order chi connectivity index (χ0) is 22.1. The van der Waals surface area contributed by atoms with E-state index in [1.807, 2.05) is 53.7 Å². The van der Waals surface area contributed by atoms with Crippen LogP contribution in [0, 0.1) is 0 Å². The van der Waals surface area contributed by atoms with Crippen molar-refractivity contribution in [2.75, 3.05) is 0 Å². The summed E-state index contributed by atoms with van der Waals surface area (Å²) >= 11 is 6.06. The minimum Gasteiger partial charge on any atom is -0.457 e. The van der Waals surface area contributed by atoms with E-state index in [1.165, 1.54) is 0 Å².